The maximum absolute atomic E-state index is 12.3. The minimum absolute atomic E-state index is 0.145. The highest BCUT2D eigenvalue weighted by Crippen LogP contribution is 2.23. The van der Waals surface area contributed by atoms with Crippen LogP contribution in [0.2, 0.25) is 0 Å². The van der Waals surface area contributed by atoms with Gasteiger partial charge in [-0.3, -0.25) is 4.68 Å². The van der Waals surface area contributed by atoms with E-state index in [1.54, 1.807) is 10.9 Å². The highest BCUT2D eigenvalue weighted by atomic mass is 32.1. The van der Waals surface area contributed by atoms with Crippen molar-refractivity contribution in [2.75, 3.05) is 0 Å². The van der Waals surface area contributed by atoms with Crippen LogP contribution >= 0.6 is 11.3 Å². The lowest BCUT2D eigenvalue weighted by atomic mass is 10.2. The summed E-state index contributed by atoms with van der Waals surface area (Å²) < 4.78 is 7.10. The molecule has 0 saturated heterocycles. The van der Waals surface area contributed by atoms with E-state index >= 15 is 0 Å². The lowest BCUT2D eigenvalue weighted by molar-refractivity contribution is 0.0468. The van der Waals surface area contributed by atoms with Crippen LogP contribution in [-0.2, 0) is 17.9 Å². The number of thiazole rings is 1. The Kier molecular flexibility index (Phi) is 5.07. The third kappa shape index (κ3) is 4.30. The Morgan fingerprint density at radius 1 is 1.04 bits per heavy atom. The molecule has 0 N–H and O–H groups in total. The van der Waals surface area contributed by atoms with Gasteiger partial charge in [-0.05, 0) is 5.56 Å². The van der Waals surface area contributed by atoms with Crippen molar-refractivity contribution in [3.8, 4) is 10.6 Å². The summed E-state index contributed by atoms with van der Waals surface area (Å²) in [6, 6.07) is 19.9. The van der Waals surface area contributed by atoms with Gasteiger partial charge in [-0.1, -0.05) is 60.7 Å². The monoisotopic (exact) mass is 375 g/mol. The van der Waals surface area contributed by atoms with E-state index in [2.05, 4.69) is 10.1 Å². The fraction of sp³-hybridized carbons (Fsp3) is 0.0952. The number of hydrogen-bond donors (Lipinski definition) is 0. The van der Waals surface area contributed by atoms with E-state index < -0.39 is 5.97 Å². The van der Waals surface area contributed by atoms with Crippen LogP contribution in [0.15, 0.2) is 78.4 Å². The number of hydrogen-bond acceptors (Lipinski definition) is 5. The van der Waals surface area contributed by atoms with Crippen molar-refractivity contribution in [1.82, 2.24) is 14.8 Å². The smallest absolute Gasteiger partial charge is 0.341 e. The third-order valence-corrected chi connectivity index (χ3v) is 4.92. The molecular formula is C21H17N3O2S. The van der Waals surface area contributed by atoms with Gasteiger partial charge in [-0.2, -0.15) is 5.10 Å². The number of aromatic nitrogens is 3. The van der Waals surface area contributed by atoms with Crippen molar-refractivity contribution < 1.29 is 9.53 Å². The molecule has 0 saturated carbocycles. The lowest BCUT2D eigenvalue weighted by Gasteiger charge is -2.01. The van der Waals surface area contributed by atoms with Crippen molar-refractivity contribution >= 4 is 17.3 Å². The standard InChI is InChI=1S/C21H17N3O2S/c25-21(18-11-22-24(13-18)12-16-7-3-1-4-8-16)26-14-19-15-27-20(23-19)17-9-5-2-6-10-17/h1-11,13,15H,12,14H2. The minimum atomic E-state index is -0.399. The summed E-state index contributed by atoms with van der Waals surface area (Å²) in [6.07, 6.45) is 3.23. The van der Waals surface area contributed by atoms with Crippen LogP contribution in [-0.4, -0.2) is 20.7 Å². The van der Waals surface area contributed by atoms with E-state index in [1.807, 2.05) is 66.0 Å². The highest BCUT2D eigenvalue weighted by Gasteiger charge is 2.12. The van der Waals surface area contributed by atoms with Gasteiger partial charge >= 0.3 is 5.97 Å². The third-order valence-electron chi connectivity index (χ3n) is 3.98. The summed E-state index contributed by atoms with van der Waals surface area (Å²) in [7, 11) is 0. The van der Waals surface area contributed by atoms with E-state index in [0.717, 1.165) is 21.8 Å². The Morgan fingerprint density at radius 3 is 2.56 bits per heavy atom. The first-order valence-electron chi connectivity index (χ1n) is 8.51. The van der Waals surface area contributed by atoms with Gasteiger partial charge in [-0.25, -0.2) is 9.78 Å². The molecule has 0 unspecified atom stereocenters. The number of esters is 1. The maximum atomic E-state index is 12.3. The number of rotatable bonds is 6. The molecule has 4 rings (SSSR count). The van der Waals surface area contributed by atoms with Gasteiger partial charge in [-0.15, -0.1) is 11.3 Å². The SMILES string of the molecule is O=C(OCc1csc(-c2ccccc2)n1)c1cnn(Cc2ccccc2)c1. The molecule has 0 fully saturated rings. The molecule has 0 atom stereocenters. The topological polar surface area (TPSA) is 57.0 Å². The summed E-state index contributed by atoms with van der Waals surface area (Å²) in [4.78, 5) is 16.8. The Bertz CT molecular complexity index is 1030. The number of ether oxygens (including phenoxy) is 1. The molecule has 0 amide bonds. The summed E-state index contributed by atoms with van der Waals surface area (Å²) in [6.45, 7) is 0.757. The van der Waals surface area contributed by atoms with E-state index in [4.69, 9.17) is 4.74 Å². The normalized spacial score (nSPS) is 10.7. The molecule has 0 spiro atoms. The van der Waals surface area contributed by atoms with Crippen LogP contribution in [0.5, 0.6) is 0 Å². The van der Waals surface area contributed by atoms with E-state index in [9.17, 15) is 4.79 Å². The zero-order chi connectivity index (χ0) is 18.5. The molecule has 2 aromatic carbocycles. The molecule has 27 heavy (non-hydrogen) atoms. The maximum Gasteiger partial charge on any atom is 0.341 e. The van der Waals surface area contributed by atoms with Gasteiger partial charge in [0.05, 0.1) is 24.0 Å². The first-order chi connectivity index (χ1) is 13.3. The van der Waals surface area contributed by atoms with Gasteiger partial charge in [0.2, 0.25) is 0 Å². The Labute approximate surface area is 160 Å². The van der Waals surface area contributed by atoms with Gasteiger partial charge < -0.3 is 4.74 Å². The zero-order valence-corrected chi connectivity index (χ0v) is 15.3. The second kappa shape index (κ2) is 7.97. The fourth-order valence-corrected chi connectivity index (χ4v) is 3.45. The molecular weight excluding hydrogens is 358 g/mol. The predicted molar refractivity (Wildman–Crippen MR) is 104 cm³/mol. The Morgan fingerprint density at radius 2 is 1.78 bits per heavy atom. The van der Waals surface area contributed by atoms with Crippen molar-refractivity contribution in [3.63, 3.8) is 0 Å². The van der Waals surface area contributed by atoms with Gasteiger partial charge in [0, 0.05) is 17.1 Å². The lowest BCUT2D eigenvalue weighted by Crippen LogP contribution is -2.05. The average molecular weight is 375 g/mol. The van der Waals surface area contributed by atoms with Crippen LogP contribution < -0.4 is 0 Å². The van der Waals surface area contributed by atoms with Gasteiger partial charge in [0.25, 0.3) is 0 Å². The second-order valence-corrected chi connectivity index (χ2v) is 6.86. The molecule has 0 radical (unpaired) electrons. The van der Waals surface area contributed by atoms with Crippen LogP contribution in [0.3, 0.4) is 0 Å². The van der Waals surface area contributed by atoms with Crippen molar-refractivity contribution in [2.24, 2.45) is 0 Å². The second-order valence-electron chi connectivity index (χ2n) is 6.00. The van der Waals surface area contributed by atoms with Gasteiger partial charge in [0.15, 0.2) is 0 Å². The summed E-state index contributed by atoms with van der Waals surface area (Å²) in [5.41, 5.74) is 3.35. The first-order valence-corrected chi connectivity index (χ1v) is 9.39. The van der Waals surface area contributed by atoms with Gasteiger partial charge in [0.1, 0.15) is 11.6 Å². The molecule has 0 aliphatic carbocycles. The van der Waals surface area contributed by atoms with Crippen LogP contribution in [0.4, 0.5) is 0 Å². The molecule has 2 heterocycles. The largest absolute Gasteiger partial charge is 0.455 e. The van der Waals surface area contributed by atoms with Crippen LogP contribution in [0.25, 0.3) is 10.6 Å². The molecule has 0 bridgehead atoms. The predicted octanol–water partition coefficient (Wildman–Crippen LogP) is 4.41. The molecule has 0 aliphatic heterocycles. The molecule has 0 aliphatic rings. The Balaban J connectivity index is 1.35. The fourth-order valence-electron chi connectivity index (χ4n) is 2.64. The molecule has 5 nitrogen and oxygen atoms in total. The van der Waals surface area contributed by atoms with Crippen LogP contribution in [0, 0.1) is 0 Å². The number of carbonyl (C=O) groups is 1. The summed E-state index contributed by atoms with van der Waals surface area (Å²) >= 11 is 1.54. The number of nitrogens with zero attached hydrogens (tertiary/aromatic N) is 3. The Hall–Kier alpha value is -3.25. The molecule has 4 aromatic rings. The van der Waals surface area contributed by atoms with E-state index in [-0.39, 0.29) is 6.61 Å². The van der Waals surface area contributed by atoms with E-state index in [0.29, 0.717) is 12.1 Å². The molecule has 6 heteroatoms. The summed E-state index contributed by atoms with van der Waals surface area (Å²) in [5, 5.41) is 7.06. The highest BCUT2D eigenvalue weighted by molar-refractivity contribution is 7.13. The molecule has 134 valence electrons. The molecule has 2 aromatic heterocycles. The quantitative estimate of drug-likeness (QED) is 0.468. The first kappa shape index (κ1) is 17.2. The van der Waals surface area contributed by atoms with Crippen LogP contribution in [0.1, 0.15) is 21.6 Å². The number of benzene rings is 2. The van der Waals surface area contributed by atoms with Crippen molar-refractivity contribution in [3.05, 3.63) is 95.3 Å². The van der Waals surface area contributed by atoms with Crippen molar-refractivity contribution in [2.45, 2.75) is 13.2 Å². The minimum Gasteiger partial charge on any atom is -0.455 e. The summed E-state index contributed by atoms with van der Waals surface area (Å²) in [5.74, 6) is -0.399. The van der Waals surface area contributed by atoms with Crippen molar-refractivity contribution in [1.29, 1.82) is 0 Å². The number of carbonyl (C=O) groups excluding carboxylic acids is 1. The van der Waals surface area contributed by atoms with E-state index in [1.165, 1.54) is 17.5 Å². The zero-order valence-electron chi connectivity index (χ0n) is 14.5. The average Bonchev–Trinajstić information content (AvgIpc) is 3.37.